The van der Waals surface area contributed by atoms with Gasteiger partial charge in [-0.2, -0.15) is 12.7 Å². The van der Waals surface area contributed by atoms with Gasteiger partial charge < -0.3 is 5.73 Å². The molecule has 21 heavy (non-hydrogen) atoms. The Labute approximate surface area is 131 Å². The van der Waals surface area contributed by atoms with Crippen molar-refractivity contribution in [3.8, 4) is 0 Å². The number of piperidine rings is 1. The van der Waals surface area contributed by atoms with Crippen LogP contribution in [0.15, 0.2) is 18.2 Å². The van der Waals surface area contributed by atoms with Crippen molar-refractivity contribution in [1.29, 1.82) is 0 Å². The Morgan fingerprint density at radius 1 is 1.48 bits per heavy atom. The molecule has 0 saturated carbocycles. The minimum Gasteiger partial charge on any atom is -0.389 e. The highest BCUT2D eigenvalue weighted by atomic mass is 32.2. The standard InChI is InChI=1S/C14H21N3O2S2/c1-10-4-3-7-17(9-10)21(18,19)16-13-8-12(14(15)20)6-5-11(13)2/h5-6,8,10,16H,3-4,7,9H2,1-2H3,(H2,15,20). The fourth-order valence-corrected chi connectivity index (χ4v) is 4.03. The summed E-state index contributed by atoms with van der Waals surface area (Å²) < 4.78 is 29.1. The van der Waals surface area contributed by atoms with Crippen LogP contribution in [0.25, 0.3) is 0 Å². The van der Waals surface area contributed by atoms with Gasteiger partial charge in [0, 0.05) is 18.7 Å². The molecule has 0 spiro atoms. The van der Waals surface area contributed by atoms with Crippen molar-refractivity contribution in [1.82, 2.24) is 4.31 Å². The summed E-state index contributed by atoms with van der Waals surface area (Å²) in [6.45, 7) is 5.04. The van der Waals surface area contributed by atoms with Crippen LogP contribution in [0.4, 0.5) is 5.69 Å². The van der Waals surface area contributed by atoms with E-state index in [9.17, 15) is 8.42 Å². The van der Waals surface area contributed by atoms with Crippen molar-refractivity contribution in [3.05, 3.63) is 29.3 Å². The third-order valence-corrected chi connectivity index (χ3v) is 5.45. The summed E-state index contributed by atoms with van der Waals surface area (Å²) in [4.78, 5) is 0.252. The first kappa shape index (κ1) is 16.2. The molecule has 1 fully saturated rings. The number of nitrogens with one attached hydrogen (secondary N) is 1. The molecule has 0 bridgehead atoms. The van der Waals surface area contributed by atoms with E-state index < -0.39 is 10.2 Å². The fraction of sp³-hybridized carbons (Fsp3) is 0.500. The van der Waals surface area contributed by atoms with Crippen molar-refractivity contribution < 1.29 is 8.42 Å². The van der Waals surface area contributed by atoms with Gasteiger partial charge in [-0.15, -0.1) is 0 Å². The number of benzene rings is 1. The van der Waals surface area contributed by atoms with Crippen LogP contribution in [0, 0.1) is 12.8 Å². The van der Waals surface area contributed by atoms with Crippen LogP contribution in [0.3, 0.4) is 0 Å². The largest absolute Gasteiger partial charge is 0.389 e. The normalized spacial score (nSPS) is 20.2. The van der Waals surface area contributed by atoms with Crippen LogP contribution >= 0.6 is 12.2 Å². The number of anilines is 1. The molecule has 7 heteroatoms. The molecule has 0 amide bonds. The van der Waals surface area contributed by atoms with Gasteiger partial charge in [-0.3, -0.25) is 4.72 Å². The number of hydrogen-bond acceptors (Lipinski definition) is 3. The zero-order valence-electron chi connectivity index (χ0n) is 12.3. The van der Waals surface area contributed by atoms with E-state index in [0.29, 0.717) is 30.3 Å². The second kappa shape index (κ2) is 6.29. The molecular weight excluding hydrogens is 306 g/mol. The van der Waals surface area contributed by atoms with E-state index in [-0.39, 0.29) is 4.99 Å². The molecule has 3 N–H and O–H groups in total. The molecule has 5 nitrogen and oxygen atoms in total. The van der Waals surface area contributed by atoms with Crippen LogP contribution in [0.2, 0.25) is 0 Å². The second-order valence-electron chi connectivity index (χ2n) is 5.61. The van der Waals surface area contributed by atoms with Crippen LogP contribution < -0.4 is 10.5 Å². The van der Waals surface area contributed by atoms with Gasteiger partial charge in [0.25, 0.3) is 0 Å². The lowest BCUT2D eigenvalue weighted by atomic mass is 10.0. The van der Waals surface area contributed by atoms with Crippen LogP contribution in [0.5, 0.6) is 0 Å². The molecule has 2 rings (SSSR count). The Balaban J connectivity index is 2.23. The number of nitrogens with two attached hydrogens (primary N) is 1. The second-order valence-corrected chi connectivity index (χ2v) is 7.72. The van der Waals surface area contributed by atoms with Crippen molar-refractivity contribution in [2.45, 2.75) is 26.7 Å². The monoisotopic (exact) mass is 327 g/mol. The third-order valence-electron chi connectivity index (χ3n) is 3.72. The number of thiocarbonyl (C=S) groups is 1. The zero-order chi connectivity index (χ0) is 15.6. The molecule has 1 aromatic carbocycles. The lowest BCUT2D eigenvalue weighted by Gasteiger charge is -2.30. The Kier molecular flexibility index (Phi) is 4.85. The van der Waals surface area contributed by atoms with Crippen molar-refractivity contribution >= 4 is 33.1 Å². The van der Waals surface area contributed by atoms with Crippen molar-refractivity contribution in [2.75, 3.05) is 17.8 Å². The Morgan fingerprint density at radius 3 is 2.81 bits per heavy atom. The Morgan fingerprint density at radius 2 is 2.19 bits per heavy atom. The maximum Gasteiger partial charge on any atom is 0.301 e. The van der Waals surface area contributed by atoms with Crippen molar-refractivity contribution in [3.63, 3.8) is 0 Å². The van der Waals surface area contributed by atoms with Crippen LogP contribution in [-0.4, -0.2) is 30.8 Å². The average molecular weight is 327 g/mol. The summed E-state index contributed by atoms with van der Waals surface area (Å²) >= 11 is 4.94. The Bertz CT molecular complexity index is 644. The average Bonchev–Trinajstić information content (AvgIpc) is 2.41. The van der Waals surface area contributed by atoms with Gasteiger partial charge in [-0.1, -0.05) is 31.3 Å². The fourth-order valence-electron chi connectivity index (χ4n) is 2.45. The van der Waals surface area contributed by atoms with E-state index in [2.05, 4.69) is 11.6 Å². The molecular formula is C14H21N3O2S2. The molecule has 1 aliphatic rings. The van der Waals surface area contributed by atoms with E-state index in [1.165, 1.54) is 4.31 Å². The quantitative estimate of drug-likeness (QED) is 0.830. The van der Waals surface area contributed by atoms with E-state index in [4.69, 9.17) is 18.0 Å². The van der Waals surface area contributed by atoms with Gasteiger partial charge in [0.15, 0.2) is 0 Å². The number of nitrogens with zero attached hydrogens (tertiary/aromatic N) is 1. The molecule has 1 unspecified atom stereocenters. The van der Waals surface area contributed by atoms with E-state index >= 15 is 0 Å². The first-order valence-corrected chi connectivity index (χ1v) is 8.83. The lowest BCUT2D eigenvalue weighted by Crippen LogP contribution is -2.42. The van der Waals surface area contributed by atoms with E-state index in [1.807, 2.05) is 13.0 Å². The molecule has 0 aromatic heterocycles. The van der Waals surface area contributed by atoms with E-state index in [0.717, 1.165) is 18.4 Å². The Hall–Kier alpha value is -1.18. The van der Waals surface area contributed by atoms with Gasteiger partial charge in [0.05, 0.1) is 5.69 Å². The van der Waals surface area contributed by atoms with E-state index in [1.54, 1.807) is 12.1 Å². The molecule has 0 aliphatic carbocycles. The zero-order valence-corrected chi connectivity index (χ0v) is 13.9. The third kappa shape index (κ3) is 3.93. The minimum absolute atomic E-state index is 0.252. The summed E-state index contributed by atoms with van der Waals surface area (Å²) in [7, 11) is -3.54. The van der Waals surface area contributed by atoms with Gasteiger partial charge in [0.2, 0.25) is 0 Å². The van der Waals surface area contributed by atoms with Gasteiger partial charge in [-0.05, 0) is 37.3 Å². The molecule has 1 aliphatic heterocycles. The molecule has 1 aromatic rings. The van der Waals surface area contributed by atoms with Crippen LogP contribution in [0.1, 0.15) is 30.9 Å². The number of hydrogen-bond donors (Lipinski definition) is 2. The van der Waals surface area contributed by atoms with Gasteiger partial charge in [-0.25, -0.2) is 0 Å². The summed E-state index contributed by atoms with van der Waals surface area (Å²) in [6, 6.07) is 5.28. The minimum atomic E-state index is -3.54. The molecule has 1 saturated heterocycles. The molecule has 0 radical (unpaired) electrons. The SMILES string of the molecule is Cc1ccc(C(N)=S)cc1NS(=O)(=O)N1CCCC(C)C1. The highest BCUT2D eigenvalue weighted by Crippen LogP contribution is 2.23. The molecule has 1 atom stereocenters. The highest BCUT2D eigenvalue weighted by molar-refractivity contribution is 7.90. The van der Waals surface area contributed by atoms with Crippen LogP contribution in [-0.2, 0) is 10.2 Å². The summed E-state index contributed by atoms with van der Waals surface area (Å²) in [5, 5.41) is 0. The first-order chi connectivity index (χ1) is 9.79. The highest BCUT2D eigenvalue weighted by Gasteiger charge is 2.27. The summed E-state index contributed by atoms with van der Waals surface area (Å²) in [5.74, 6) is 0.388. The van der Waals surface area contributed by atoms with Crippen molar-refractivity contribution in [2.24, 2.45) is 11.7 Å². The maximum absolute atomic E-state index is 12.5. The topological polar surface area (TPSA) is 75.4 Å². The predicted molar refractivity (Wildman–Crippen MR) is 89.6 cm³/mol. The summed E-state index contributed by atoms with van der Waals surface area (Å²) in [6.07, 6.45) is 1.97. The van der Waals surface area contributed by atoms with Gasteiger partial charge in [0.1, 0.15) is 4.99 Å². The number of rotatable bonds is 4. The molecule has 116 valence electrons. The first-order valence-electron chi connectivity index (χ1n) is 6.98. The molecule has 1 heterocycles. The maximum atomic E-state index is 12.5. The smallest absolute Gasteiger partial charge is 0.301 e. The predicted octanol–water partition coefficient (Wildman–Crippen LogP) is 2.02. The number of aryl methyl sites for hydroxylation is 1. The summed E-state index contributed by atoms with van der Waals surface area (Å²) in [5.41, 5.74) is 7.62. The van der Waals surface area contributed by atoms with Gasteiger partial charge >= 0.3 is 10.2 Å². The lowest BCUT2D eigenvalue weighted by molar-refractivity contribution is 0.282.